The second-order valence-corrected chi connectivity index (χ2v) is 6.39. The molecular weight excluding hydrogens is 354 g/mol. The first-order valence-electron chi connectivity index (χ1n) is 6.14. The highest BCUT2D eigenvalue weighted by Gasteiger charge is 2.15. The molecule has 0 radical (unpaired) electrons. The molecule has 21 heavy (non-hydrogen) atoms. The minimum absolute atomic E-state index is 0.0190. The number of hydrogen-bond acceptors (Lipinski definition) is 4. The number of Topliss-reactive ketones (excluding diaryl/α,β-unsaturated/α-hetero) is 1. The number of hydrogen-bond donors (Lipinski definition) is 0. The quantitative estimate of drug-likeness (QED) is 0.335. The predicted octanol–water partition coefficient (Wildman–Crippen LogP) is 4.64. The summed E-state index contributed by atoms with van der Waals surface area (Å²) in [6, 6.07) is 12.2. The van der Waals surface area contributed by atoms with Gasteiger partial charge in [-0.05, 0) is 31.2 Å². The van der Waals surface area contributed by atoms with Crippen molar-refractivity contribution in [3.63, 3.8) is 0 Å². The van der Waals surface area contributed by atoms with Crippen molar-refractivity contribution in [2.75, 3.05) is 5.75 Å². The van der Waals surface area contributed by atoms with Crippen molar-refractivity contribution in [1.82, 2.24) is 0 Å². The number of benzene rings is 2. The van der Waals surface area contributed by atoms with Crippen LogP contribution in [0.25, 0.3) is 0 Å². The van der Waals surface area contributed by atoms with Crippen LogP contribution < -0.4 is 0 Å². The molecule has 0 N–H and O–H groups in total. The van der Waals surface area contributed by atoms with Crippen LogP contribution in [-0.4, -0.2) is 16.5 Å². The second-order valence-electron chi connectivity index (χ2n) is 4.42. The van der Waals surface area contributed by atoms with Crippen molar-refractivity contribution in [2.24, 2.45) is 0 Å². The molecule has 0 fully saturated rings. The zero-order chi connectivity index (χ0) is 15.4. The summed E-state index contributed by atoms with van der Waals surface area (Å²) < 4.78 is 0.979. The fraction of sp³-hybridized carbons (Fsp3) is 0.133. The summed E-state index contributed by atoms with van der Waals surface area (Å²) in [5.74, 6) is 0.132. The lowest BCUT2D eigenvalue weighted by Gasteiger charge is -2.03. The van der Waals surface area contributed by atoms with Gasteiger partial charge in [0, 0.05) is 26.6 Å². The average Bonchev–Trinajstić information content (AvgIpc) is 2.46. The highest BCUT2D eigenvalue weighted by Crippen LogP contribution is 2.24. The number of carbonyl (C=O) groups excluding carboxylic acids is 1. The molecule has 4 nitrogen and oxygen atoms in total. The molecule has 0 amide bonds. The normalized spacial score (nSPS) is 10.4. The lowest BCUT2D eigenvalue weighted by atomic mass is 10.1. The van der Waals surface area contributed by atoms with E-state index in [9.17, 15) is 14.9 Å². The van der Waals surface area contributed by atoms with Crippen LogP contribution in [0.1, 0.15) is 15.9 Å². The summed E-state index contributed by atoms with van der Waals surface area (Å²) in [6.45, 7) is 1.66. The highest BCUT2D eigenvalue weighted by molar-refractivity contribution is 9.10. The number of aryl methyl sites for hydroxylation is 1. The average molecular weight is 366 g/mol. The molecule has 108 valence electrons. The molecule has 2 aromatic carbocycles. The Morgan fingerprint density at radius 2 is 1.90 bits per heavy atom. The van der Waals surface area contributed by atoms with Crippen LogP contribution in [0.3, 0.4) is 0 Å². The maximum Gasteiger partial charge on any atom is 0.273 e. The van der Waals surface area contributed by atoms with Gasteiger partial charge >= 0.3 is 0 Å². The van der Waals surface area contributed by atoms with Crippen molar-refractivity contribution in [1.29, 1.82) is 0 Å². The van der Waals surface area contributed by atoms with Gasteiger partial charge in [0.25, 0.3) is 5.69 Å². The van der Waals surface area contributed by atoms with E-state index >= 15 is 0 Å². The van der Waals surface area contributed by atoms with Gasteiger partial charge in [-0.3, -0.25) is 14.9 Å². The molecule has 0 bridgehead atoms. The van der Waals surface area contributed by atoms with E-state index in [2.05, 4.69) is 15.9 Å². The molecule has 0 aliphatic rings. The molecule has 0 saturated heterocycles. The zero-order valence-electron chi connectivity index (χ0n) is 11.2. The number of thioether (sulfide) groups is 1. The molecule has 2 aromatic rings. The van der Waals surface area contributed by atoms with E-state index in [0.29, 0.717) is 11.1 Å². The Morgan fingerprint density at radius 3 is 2.52 bits per heavy atom. The predicted molar refractivity (Wildman–Crippen MR) is 87.0 cm³/mol. The molecule has 0 saturated carbocycles. The molecule has 0 heterocycles. The largest absolute Gasteiger partial charge is 0.293 e. The Balaban J connectivity index is 2.08. The number of nitro groups is 1. The Hall–Kier alpha value is -1.66. The van der Waals surface area contributed by atoms with Crippen LogP contribution in [0.15, 0.2) is 51.8 Å². The number of nitro benzene ring substituents is 1. The summed E-state index contributed by atoms with van der Waals surface area (Å²) in [4.78, 5) is 23.5. The van der Waals surface area contributed by atoms with Crippen LogP contribution in [0.4, 0.5) is 5.69 Å². The van der Waals surface area contributed by atoms with Crippen molar-refractivity contribution in [3.8, 4) is 0 Å². The monoisotopic (exact) mass is 365 g/mol. The van der Waals surface area contributed by atoms with Gasteiger partial charge in [-0.15, -0.1) is 11.8 Å². The van der Waals surface area contributed by atoms with Crippen molar-refractivity contribution >= 4 is 39.2 Å². The number of ketones is 1. The first-order chi connectivity index (χ1) is 9.97. The minimum Gasteiger partial charge on any atom is -0.293 e. The van der Waals surface area contributed by atoms with Gasteiger partial charge in [0.2, 0.25) is 0 Å². The zero-order valence-corrected chi connectivity index (χ0v) is 13.6. The molecule has 0 aliphatic carbocycles. The topological polar surface area (TPSA) is 60.2 Å². The fourth-order valence-corrected chi connectivity index (χ4v) is 2.80. The fourth-order valence-electron chi connectivity index (χ4n) is 1.74. The van der Waals surface area contributed by atoms with Gasteiger partial charge < -0.3 is 0 Å². The second kappa shape index (κ2) is 6.87. The molecule has 0 unspecified atom stereocenters. The van der Waals surface area contributed by atoms with Crippen molar-refractivity contribution in [3.05, 3.63) is 68.2 Å². The first kappa shape index (κ1) is 15.7. The van der Waals surface area contributed by atoms with Crippen LogP contribution in [0.2, 0.25) is 0 Å². The van der Waals surface area contributed by atoms with E-state index in [1.54, 1.807) is 19.1 Å². The van der Waals surface area contributed by atoms with E-state index in [4.69, 9.17) is 0 Å². The SMILES string of the molecule is Cc1ccc(C(=O)CSc2ccc(Br)cc2)cc1[N+](=O)[O-]. The van der Waals surface area contributed by atoms with Crippen molar-refractivity contribution < 1.29 is 9.72 Å². The molecule has 2 rings (SSSR count). The molecule has 0 aromatic heterocycles. The lowest BCUT2D eigenvalue weighted by Crippen LogP contribution is -2.04. The molecular formula is C15H12BrNO3S. The molecule has 0 spiro atoms. The van der Waals surface area contributed by atoms with Gasteiger partial charge in [-0.25, -0.2) is 0 Å². The Kier molecular flexibility index (Phi) is 5.14. The van der Waals surface area contributed by atoms with E-state index in [1.165, 1.54) is 17.8 Å². The number of rotatable bonds is 5. The minimum atomic E-state index is -0.464. The lowest BCUT2D eigenvalue weighted by molar-refractivity contribution is -0.385. The summed E-state index contributed by atoms with van der Waals surface area (Å²) in [5, 5.41) is 10.9. The smallest absolute Gasteiger partial charge is 0.273 e. The van der Waals surface area contributed by atoms with Gasteiger partial charge in [0.15, 0.2) is 5.78 Å². The van der Waals surface area contributed by atoms with Crippen molar-refractivity contribution in [2.45, 2.75) is 11.8 Å². The third-order valence-corrected chi connectivity index (χ3v) is 4.45. The third-order valence-electron chi connectivity index (χ3n) is 2.91. The van der Waals surface area contributed by atoms with E-state index in [0.717, 1.165) is 9.37 Å². The Morgan fingerprint density at radius 1 is 1.24 bits per heavy atom. The Labute approximate surface area is 134 Å². The molecule has 0 atom stereocenters. The third kappa shape index (κ3) is 4.15. The molecule has 6 heteroatoms. The summed E-state index contributed by atoms with van der Waals surface area (Å²) >= 11 is 4.76. The summed E-state index contributed by atoms with van der Waals surface area (Å²) in [5.41, 5.74) is 0.906. The van der Waals surface area contributed by atoms with E-state index in [-0.39, 0.29) is 17.2 Å². The van der Waals surface area contributed by atoms with Crippen LogP contribution in [0.5, 0.6) is 0 Å². The number of carbonyl (C=O) groups is 1. The van der Waals surface area contributed by atoms with Crippen LogP contribution in [0, 0.1) is 17.0 Å². The Bertz CT molecular complexity index is 686. The van der Waals surface area contributed by atoms with Crippen LogP contribution >= 0.6 is 27.7 Å². The van der Waals surface area contributed by atoms with Gasteiger partial charge in [-0.1, -0.05) is 28.1 Å². The number of nitrogens with zero attached hydrogens (tertiary/aromatic N) is 1. The standard InChI is InChI=1S/C15H12BrNO3S/c1-10-2-3-11(8-14(10)17(19)20)15(18)9-21-13-6-4-12(16)5-7-13/h2-8H,9H2,1H3. The van der Waals surface area contributed by atoms with E-state index in [1.807, 2.05) is 24.3 Å². The molecule has 0 aliphatic heterocycles. The summed E-state index contributed by atoms with van der Waals surface area (Å²) in [6.07, 6.45) is 0. The maximum absolute atomic E-state index is 12.1. The van der Waals surface area contributed by atoms with E-state index < -0.39 is 4.92 Å². The summed E-state index contributed by atoms with van der Waals surface area (Å²) in [7, 11) is 0. The van der Waals surface area contributed by atoms with Gasteiger partial charge in [0.1, 0.15) is 0 Å². The number of halogens is 1. The maximum atomic E-state index is 12.1. The van der Waals surface area contributed by atoms with Gasteiger partial charge in [0.05, 0.1) is 10.7 Å². The van der Waals surface area contributed by atoms with Gasteiger partial charge in [-0.2, -0.15) is 0 Å². The van der Waals surface area contributed by atoms with Crippen LogP contribution in [-0.2, 0) is 0 Å². The highest BCUT2D eigenvalue weighted by atomic mass is 79.9. The first-order valence-corrected chi connectivity index (χ1v) is 7.92.